The Balaban J connectivity index is 1.53. The molecular formula is C20H25N3O2S2. The third kappa shape index (κ3) is 3.10. The quantitative estimate of drug-likeness (QED) is 0.823. The first kappa shape index (κ1) is 18.6. The molecule has 0 unspecified atom stereocenters. The van der Waals surface area contributed by atoms with E-state index in [1.165, 1.54) is 0 Å². The van der Waals surface area contributed by atoms with E-state index >= 15 is 0 Å². The molecule has 2 aromatic rings. The zero-order chi connectivity index (χ0) is 19.2. The van der Waals surface area contributed by atoms with Crippen LogP contribution in [0.2, 0.25) is 0 Å². The number of aromatic nitrogens is 1. The molecule has 3 atom stereocenters. The van der Waals surface area contributed by atoms with Gasteiger partial charge in [0.25, 0.3) is 5.91 Å². The zero-order valence-electron chi connectivity index (χ0n) is 15.9. The first-order valence-corrected chi connectivity index (χ1v) is 11.2. The molecule has 27 heavy (non-hydrogen) atoms. The summed E-state index contributed by atoms with van der Waals surface area (Å²) >= 11 is 3.14. The van der Waals surface area contributed by atoms with Crippen molar-refractivity contribution in [2.24, 2.45) is 5.41 Å². The van der Waals surface area contributed by atoms with Crippen LogP contribution in [0.15, 0.2) is 17.5 Å². The fourth-order valence-electron chi connectivity index (χ4n) is 4.79. The molecule has 2 aliphatic heterocycles. The van der Waals surface area contributed by atoms with Crippen molar-refractivity contribution in [2.45, 2.75) is 65.1 Å². The molecule has 2 aliphatic rings. The van der Waals surface area contributed by atoms with Gasteiger partial charge in [-0.3, -0.25) is 9.59 Å². The summed E-state index contributed by atoms with van der Waals surface area (Å²) in [5.41, 5.74) is 0.429. The van der Waals surface area contributed by atoms with E-state index in [4.69, 9.17) is 0 Å². The van der Waals surface area contributed by atoms with Crippen molar-refractivity contribution in [3.63, 3.8) is 0 Å². The highest BCUT2D eigenvalue weighted by atomic mass is 32.1. The minimum Gasteiger partial charge on any atom is -0.350 e. The molecule has 0 aliphatic carbocycles. The summed E-state index contributed by atoms with van der Waals surface area (Å²) in [5.74, 6) is 0.168. The second-order valence-corrected chi connectivity index (χ2v) is 9.97. The monoisotopic (exact) mass is 403 g/mol. The largest absolute Gasteiger partial charge is 0.350 e. The summed E-state index contributed by atoms with van der Waals surface area (Å²) < 4.78 is 0. The molecule has 0 radical (unpaired) electrons. The Morgan fingerprint density at radius 2 is 2.15 bits per heavy atom. The van der Waals surface area contributed by atoms with Gasteiger partial charge >= 0.3 is 0 Å². The maximum atomic E-state index is 13.2. The second kappa shape index (κ2) is 7.02. The lowest BCUT2D eigenvalue weighted by Crippen LogP contribution is -2.49. The predicted molar refractivity (Wildman–Crippen MR) is 108 cm³/mol. The number of aryl methyl sites for hydroxylation is 2. The number of carbonyl (C=O) groups excluding carboxylic acids is 2. The van der Waals surface area contributed by atoms with Gasteiger partial charge in [0.2, 0.25) is 5.91 Å². The van der Waals surface area contributed by atoms with Gasteiger partial charge < -0.3 is 10.2 Å². The van der Waals surface area contributed by atoms with Gasteiger partial charge in [-0.1, -0.05) is 6.92 Å². The number of thiazole rings is 1. The van der Waals surface area contributed by atoms with Crippen LogP contribution in [0, 0.1) is 19.3 Å². The average molecular weight is 404 g/mol. The number of hydrogen-bond donors (Lipinski definition) is 1. The normalized spacial score (nSPS) is 26.6. The molecule has 2 bridgehead atoms. The minimum atomic E-state index is -0.476. The SMILES string of the molecule is CC[C@@]1(C(=O)NCc2csc(C)n2)C[C@@H]2CC[C@H]1N2C(=O)c1ccc(C)s1. The van der Waals surface area contributed by atoms with Crippen molar-refractivity contribution < 1.29 is 9.59 Å². The van der Waals surface area contributed by atoms with Crippen molar-refractivity contribution in [2.75, 3.05) is 0 Å². The fraction of sp³-hybridized carbons (Fsp3) is 0.550. The Morgan fingerprint density at radius 3 is 2.78 bits per heavy atom. The Hall–Kier alpha value is -1.73. The van der Waals surface area contributed by atoms with E-state index in [2.05, 4.69) is 17.2 Å². The van der Waals surface area contributed by atoms with Gasteiger partial charge in [0.1, 0.15) is 0 Å². The van der Waals surface area contributed by atoms with Crippen molar-refractivity contribution in [1.82, 2.24) is 15.2 Å². The van der Waals surface area contributed by atoms with Gasteiger partial charge in [0.05, 0.1) is 27.5 Å². The summed E-state index contributed by atoms with van der Waals surface area (Å²) in [5, 5.41) is 6.10. The van der Waals surface area contributed by atoms with Gasteiger partial charge in [-0.25, -0.2) is 4.98 Å². The van der Waals surface area contributed by atoms with Crippen molar-refractivity contribution >= 4 is 34.5 Å². The maximum absolute atomic E-state index is 13.2. The number of rotatable bonds is 5. The molecule has 4 heterocycles. The smallest absolute Gasteiger partial charge is 0.264 e. The van der Waals surface area contributed by atoms with E-state index in [0.29, 0.717) is 6.54 Å². The maximum Gasteiger partial charge on any atom is 0.264 e. The topological polar surface area (TPSA) is 62.3 Å². The summed E-state index contributed by atoms with van der Waals surface area (Å²) in [6.07, 6.45) is 3.44. The Morgan fingerprint density at radius 1 is 1.33 bits per heavy atom. The van der Waals surface area contributed by atoms with E-state index in [9.17, 15) is 9.59 Å². The highest BCUT2D eigenvalue weighted by molar-refractivity contribution is 7.13. The third-order valence-electron chi connectivity index (χ3n) is 6.11. The first-order chi connectivity index (χ1) is 12.9. The lowest BCUT2D eigenvalue weighted by Gasteiger charge is -2.35. The predicted octanol–water partition coefficient (Wildman–Crippen LogP) is 3.91. The molecule has 1 N–H and O–H groups in total. The molecule has 4 rings (SSSR count). The first-order valence-electron chi connectivity index (χ1n) is 9.53. The van der Waals surface area contributed by atoms with Gasteiger partial charge in [-0.05, 0) is 51.7 Å². The molecule has 2 saturated heterocycles. The van der Waals surface area contributed by atoms with E-state index in [0.717, 1.165) is 46.1 Å². The number of fused-ring (bicyclic) bond motifs is 2. The molecule has 7 heteroatoms. The molecule has 0 saturated carbocycles. The number of amides is 2. The summed E-state index contributed by atoms with van der Waals surface area (Å²) in [6.45, 7) is 6.52. The Bertz CT molecular complexity index is 874. The molecular weight excluding hydrogens is 378 g/mol. The lowest BCUT2D eigenvalue weighted by atomic mass is 9.71. The lowest BCUT2D eigenvalue weighted by molar-refractivity contribution is -0.133. The Labute approximate surface area is 167 Å². The van der Waals surface area contributed by atoms with Crippen LogP contribution < -0.4 is 5.32 Å². The summed E-state index contributed by atoms with van der Waals surface area (Å²) in [7, 11) is 0. The minimum absolute atomic E-state index is 0.000392. The number of nitrogens with one attached hydrogen (secondary N) is 1. The van der Waals surface area contributed by atoms with E-state index < -0.39 is 5.41 Å². The van der Waals surface area contributed by atoms with Crippen molar-refractivity contribution in [3.8, 4) is 0 Å². The van der Waals surface area contributed by atoms with Crippen molar-refractivity contribution in [1.29, 1.82) is 0 Å². The van der Waals surface area contributed by atoms with Crippen molar-refractivity contribution in [3.05, 3.63) is 38.0 Å². The standard InChI is InChI=1S/C20H25N3O2S2/c1-4-20(19(25)21-10-14-11-26-13(3)22-14)9-15-6-8-17(20)23(15)18(24)16-7-5-12(2)27-16/h5,7,11,15,17H,4,6,8-10H2,1-3H3,(H,21,25)/t15-,17+,20+/m0/s1. The van der Waals surface area contributed by atoms with Crippen LogP contribution in [0.5, 0.6) is 0 Å². The van der Waals surface area contributed by atoms with Crippen LogP contribution in [0.3, 0.4) is 0 Å². The van der Waals surface area contributed by atoms with E-state index in [1.807, 2.05) is 36.3 Å². The van der Waals surface area contributed by atoms with Gasteiger partial charge in [0.15, 0.2) is 0 Å². The van der Waals surface area contributed by atoms with Crippen LogP contribution in [0.25, 0.3) is 0 Å². The van der Waals surface area contributed by atoms with Crippen LogP contribution >= 0.6 is 22.7 Å². The van der Waals surface area contributed by atoms with Gasteiger partial charge in [-0.15, -0.1) is 22.7 Å². The Kier molecular flexibility index (Phi) is 4.84. The molecule has 5 nitrogen and oxygen atoms in total. The third-order valence-corrected chi connectivity index (χ3v) is 7.92. The summed E-state index contributed by atoms with van der Waals surface area (Å²) in [6, 6.07) is 4.08. The number of thiophene rings is 1. The van der Waals surface area contributed by atoms with Crippen LogP contribution in [-0.4, -0.2) is 33.8 Å². The number of carbonyl (C=O) groups is 2. The van der Waals surface area contributed by atoms with E-state index in [1.54, 1.807) is 22.7 Å². The molecule has 0 spiro atoms. The molecule has 2 amide bonds. The fourth-order valence-corrected chi connectivity index (χ4v) is 6.21. The molecule has 2 aromatic heterocycles. The van der Waals surface area contributed by atoms with Gasteiger partial charge in [0, 0.05) is 22.3 Å². The number of hydrogen-bond acceptors (Lipinski definition) is 5. The van der Waals surface area contributed by atoms with E-state index in [-0.39, 0.29) is 23.9 Å². The second-order valence-electron chi connectivity index (χ2n) is 7.62. The van der Waals surface area contributed by atoms with Crippen LogP contribution in [-0.2, 0) is 11.3 Å². The molecule has 2 fully saturated rings. The summed E-state index contributed by atoms with van der Waals surface area (Å²) in [4.78, 5) is 34.7. The molecule has 144 valence electrons. The highest BCUT2D eigenvalue weighted by Crippen LogP contribution is 2.52. The van der Waals surface area contributed by atoms with Gasteiger partial charge in [-0.2, -0.15) is 0 Å². The number of nitrogens with zero attached hydrogens (tertiary/aromatic N) is 2. The molecule has 0 aromatic carbocycles. The highest BCUT2D eigenvalue weighted by Gasteiger charge is 2.60. The zero-order valence-corrected chi connectivity index (χ0v) is 17.6. The average Bonchev–Trinajstić information content (AvgIpc) is 3.42. The van der Waals surface area contributed by atoms with Crippen LogP contribution in [0.1, 0.15) is 57.9 Å². The van der Waals surface area contributed by atoms with Crippen LogP contribution in [0.4, 0.5) is 0 Å².